The molecule has 1 atom stereocenters. The van der Waals surface area contributed by atoms with Crippen LogP contribution in [0.1, 0.15) is 36.5 Å². The number of carbonyl (C=O) groups is 2. The number of ether oxygens (including phenoxy) is 1. The van der Waals surface area contributed by atoms with Crippen LogP contribution < -0.4 is 15.7 Å². The van der Waals surface area contributed by atoms with Gasteiger partial charge in [-0.25, -0.2) is 4.79 Å². The van der Waals surface area contributed by atoms with E-state index in [1.165, 1.54) is 0 Å². The van der Waals surface area contributed by atoms with Crippen molar-refractivity contribution in [3.63, 3.8) is 0 Å². The van der Waals surface area contributed by atoms with Gasteiger partial charge in [0.15, 0.2) is 6.10 Å². The minimum absolute atomic E-state index is 0.00288. The van der Waals surface area contributed by atoms with Crippen molar-refractivity contribution in [2.45, 2.75) is 46.6 Å². The fraction of sp³-hybridized carbons (Fsp3) is 0.421. The van der Waals surface area contributed by atoms with Crippen molar-refractivity contribution in [3.05, 3.63) is 39.2 Å². The number of carbonyl (C=O) groups excluding carboxylic acids is 1. The highest BCUT2D eigenvalue weighted by Crippen LogP contribution is 2.29. The number of nitrogens with one attached hydrogen (secondary N) is 1. The summed E-state index contributed by atoms with van der Waals surface area (Å²) >= 11 is 0. The first-order valence-corrected chi connectivity index (χ1v) is 8.42. The number of carboxylic acid groups (broad SMARTS) is 1. The van der Waals surface area contributed by atoms with Crippen molar-refractivity contribution in [3.8, 4) is 5.75 Å². The molecule has 1 unspecified atom stereocenters. The van der Waals surface area contributed by atoms with Crippen LogP contribution in [0.3, 0.4) is 0 Å². The van der Waals surface area contributed by atoms with Crippen LogP contribution in [-0.4, -0.2) is 29.6 Å². The van der Waals surface area contributed by atoms with Gasteiger partial charge < -0.3 is 19.6 Å². The van der Waals surface area contributed by atoms with Gasteiger partial charge in [-0.1, -0.05) is 0 Å². The number of fused-ring (bicyclic) bond motifs is 1. The molecule has 2 rings (SSSR count). The summed E-state index contributed by atoms with van der Waals surface area (Å²) in [5.41, 5.74) is 2.13. The van der Waals surface area contributed by atoms with Crippen LogP contribution in [-0.2, 0) is 9.59 Å². The number of rotatable bonds is 7. The van der Waals surface area contributed by atoms with E-state index in [1.807, 2.05) is 6.92 Å². The van der Waals surface area contributed by atoms with Crippen molar-refractivity contribution < 1.29 is 23.8 Å². The van der Waals surface area contributed by atoms with Gasteiger partial charge in [0.05, 0.1) is 0 Å². The number of amides is 1. The van der Waals surface area contributed by atoms with E-state index in [4.69, 9.17) is 14.3 Å². The standard InChI is InChI=1S/C19H23NO6/c1-10-11(2)19(24)26-17-12(3)15(8-7-14(10)17)25-13(4)18(23)20-9-5-6-16(21)22/h7-8,13H,5-6,9H2,1-4H3,(H,20,23)(H,21,22). The van der Waals surface area contributed by atoms with Gasteiger partial charge in [-0.3, -0.25) is 9.59 Å². The number of aryl methyl sites for hydroxylation is 2. The van der Waals surface area contributed by atoms with E-state index < -0.39 is 12.1 Å². The number of hydrogen-bond acceptors (Lipinski definition) is 5. The van der Waals surface area contributed by atoms with Crippen LogP contribution in [0.15, 0.2) is 21.3 Å². The van der Waals surface area contributed by atoms with E-state index in [-0.39, 0.29) is 24.5 Å². The molecule has 0 bridgehead atoms. The van der Waals surface area contributed by atoms with Gasteiger partial charge in [-0.2, -0.15) is 0 Å². The van der Waals surface area contributed by atoms with Gasteiger partial charge in [-0.05, 0) is 51.8 Å². The van der Waals surface area contributed by atoms with Crippen LogP contribution in [0.25, 0.3) is 11.0 Å². The molecule has 1 amide bonds. The Balaban J connectivity index is 2.14. The van der Waals surface area contributed by atoms with Crippen molar-refractivity contribution >= 4 is 22.8 Å². The largest absolute Gasteiger partial charge is 0.481 e. The van der Waals surface area contributed by atoms with E-state index in [2.05, 4.69) is 5.32 Å². The molecular formula is C19H23NO6. The molecule has 0 aliphatic rings. The molecular weight excluding hydrogens is 338 g/mol. The molecule has 0 aliphatic carbocycles. The Morgan fingerprint density at radius 1 is 1.19 bits per heavy atom. The minimum atomic E-state index is -0.901. The maximum absolute atomic E-state index is 12.1. The van der Waals surface area contributed by atoms with E-state index >= 15 is 0 Å². The maximum atomic E-state index is 12.1. The third-order valence-electron chi connectivity index (χ3n) is 4.36. The van der Waals surface area contributed by atoms with Crippen molar-refractivity contribution in [1.29, 1.82) is 0 Å². The van der Waals surface area contributed by atoms with E-state index in [9.17, 15) is 14.4 Å². The molecule has 1 aromatic carbocycles. The second-order valence-electron chi connectivity index (χ2n) is 6.25. The first kappa shape index (κ1) is 19.5. The molecule has 140 valence electrons. The number of hydrogen-bond donors (Lipinski definition) is 2. The third kappa shape index (κ3) is 4.22. The summed E-state index contributed by atoms with van der Waals surface area (Å²) in [4.78, 5) is 34.5. The van der Waals surface area contributed by atoms with Gasteiger partial charge in [0.1, 0.15) is 11.3 Å². The molecule has 2 aromatic rings. The lowest BCUT2D eigenvalue weighted by Gasteiger charge is -2.17. The second-order valence-corrected chi connectivity index (χ2v) is 6.25. The fourth-order valence-electron chi connectivity index (χ4n) is 2.59. The van der Waals surface area contributed by atoms with E-state index in [0.717, 1.165) is 10.9 Å². The minimum Gasteiger partial charge on any atom is -0.481 e. The van der Waals surface area contributed by atoms with E-state index in [0.29, 0.717) is 28.9 Å². The molecule has 26 heavy (non-hydrogen) atoms. The lowest BCUT2D eigenvalue weighted by Crippen LogP contribution is -2.37. The van der Waals surface area contributed by atoms with Gasteiger partial charge in [0, 0.05) is 29.5 Å². The molecule has 7 nitrogen and oxygen atoms in total. The zero-order chi connectivity index (χ0) is 19.4. The number of benzene rings is 1. The first-order valence-electron chi connectivity index (χ1n) is 8.42. The molecule has 0 saturated carbocycles. The highest BCUT2D eigenvalue weighted by atomic mass is 16.5. The Morgan fingerprint density at radius 3 is 2.54 bits per heavy atom. The van der Waals surface area contributed by atoms with Crippen LogP contribution in [0.2, 0.25) is 0 Å². The zero-order valence-corrected chi connectivity index (χ0v) is 15.3. The van der Waals surface area contributed by atoms with Crippen LogP contribution in [0.5, 0.6) is 5.75 Å². The molecule has 2 N–H and O–H groups in total. The Morgan fingerprint density at radius 2 is 1.88 bits per heavy atom. The molecule has 0 aliphatic heterocycles. The normalized spacial score (nSPS) is 12.0. The number of carboxylic acids is 1. The Kier molecular flexibility index (Phi) is 6.02. The summed E-state index contributed by atoms with van der Waals surface area (Å²) in [5.74, 6) is -0.782. The molecule has 0 radical (unpaired) electrons. The number of aliphatic carboxylic acids is 1. The summed E-state index contributed by atoms with van der Waals surface area (Å²) in [7, 11) is 0. The van der Waals surface area contributed by atoms with Gasteiger partial charge in [0.2, 0.25) is 0 Å². The average Bonchev–Trinajstić information content (AvgIpc) is 2.59. The molecule has 0 saturated heterocycles. The van der Waals surface area contributed by atoms with E-state index in [1.54, 1.807) is 32.9 Å². The predicted octanol–water partition coefficient (Wildman–Crippen LogP) is 2.47. The molecule has 0 spiro atoms. The topological polar surface area (TPSA) is 106 Å². The van der Waals surface area contributed by atoms with Crippen LogP contribution in [0, 0.1) is 20.8 Å². The Bertz CT molecular complexity index is 899. The highest BCUT2D eigenvalue weighted by Gasteiger charge is 2.18. The summed E-state index contributed by atoms with van der Waals surface area (Å²) in [6, 6.07) is 3.55. The van der Waals surface area contributed by atoms with Crippen molar-refractivity contribution in [1.82, 2.24) is 5.32 Å². The van der Waals surface area contributed by atoms with Crippen molar-refractivity contribution in [2.75, 3.05) is 6.54 Å². The highest BCUT2D eigenvalue weighted by molar-refractivity contribution is 5.86. The average molecular weight is 361 g/mol. The predicted molar refractivity (Wildman–Crippen MR) is 96.7 cm³/mol. The van der Waals surface area contributed by atoms with Gasteiger partial charge >= 0.3 is 11.6 Å². The molecule has 1 heterocycles. The zero-order valence-electron chi connectivity index (χ0n) is 15.3. The Hall–Kier alpha value is -2.83. The quantitative estimate of drug-likeness (QED) is 0.580. The summed E-state index contributed by atoms with van der Waals surface area (Å²) in [6.45, 7) is 7.22. The summed E-state index contributed by atoms with van der Waals surface area (Å²) in [5, 5.41) is 12.1. The van der Waals surface area contributed by atoms with Gasteiger partial charge in [-0.15, -0.1) is 0 Å². The smallest absolute Gasteiger partial charge is 0.339 e. The first-order chi connectivity index (χ1) is 12.2. The van der Waals surface area contributed by atoms with Gasteiger partial charge in [0.25, 0.3) is 5.91 Å². The molecule has 1 aromatic heterocycles. The maximum Gasteiger partial charge on any atom is 0.339 e. The lowest BCUT2D eigenvalue weighted by atomic mass is 10.0. The van der Waals surface area contributed by atoms with Crippen molar-refractivity contribution in [2.24, 2.45) is 0 Å². The van der Waals surface area contributed by atoms with Crippen LogP contribution in [0.4, 0.5) is 0 Å². The third-order valence-corrected chi connectivity index (χ3v) is 4.36. The Labute approximate surface area is 151 Å². The SMILES string of the molecule is Cc1c(C)c2ccc(OC(C)C(=O)NCCCC(=O)O)c(C)c2oc1=O. The summed E-state index contributed by atoms with van der Waals surface area (Å²) < 4.78 is 11.1. The molecule has 7 heteroatoms. The summed E-state index contributed by atoms with van der Waals surface area (Å²) in [6.07, 6.45) is -0.418. The lowest BCUT2D eigenvalue weighted by molar-refractivity contribution is -0.137. The monoisotopic (exact) mass is 361 g/mol. The second kappa shape index (κ2) is 8.03. The fourth-order valence-corrected chi connectivity index (χ4v) is 2.59. The van der Waals surface area contributed by atoms with Crippen LogP contribution >= 0.6 is 0 Å². The molecule has 0 fully saturated rings.